The summed E-state index contributed by atoms with van der Waals surface area (Å²) < 4.78 is 13.9. The van der Waals surface area contributed by atoms with Crippen LogP contribution in [0, 0.1) is 0 Å². The number of amides is 2. The van der Waals surface area contributed by atoms with Gasteiger partial charge in [-0.3, -0.25) is 9.59 Å². The molecule has 2 rings (SSSR count). The first-order valence-corrected chi connectivity index (χ1v) is 22.8. The van der Waals surface area contributed by atoms with E-state index in [1.54, 1.807) is 0 Å². The Labute approximate surface area is 353 Å². The van der Waals surface area contributed by atoms with E-state index in [2.05, 4.69) is 63.1 Å². The van der Waals surface area contributed by atoms with Crippen molar-refractivity contribution in [3.8, 4) is 11.5 Å². The van der Waals surface area contributed by atoms with E-state index in [4.69, 9.17) is 9.47 Å². The van der Waals surface area contributed by atoms with Crippen molar-refractivity contribution in [3.63, 3.8) is 0 Å². The molecule has 10 heteroatoms. The van der Waals surface area contributed by atoms with Crippen molar-refractivity contribution >= 4 is 24.2 Å². The quantitative estimate of drug-likeness (QED) is 0.0242. The predicted octanol–water partition coefficient (Wildman–Crippen LogP) is 10.0. The summed E-state index contributed by atoms with van der Waals surface area (Å²) in [6.07, 6.45) is 30.0. The second kappa shape index (κ2) is 31.2. The number of nitrogens with one attached hydrogen (secondary N) is 2. The van der Waals surface area contributed by atoms with Gasteiger partial charge in [0.05, 0.1) is 53.7 Å². The Morgan fingerprint density at radius 2 is 0.759 bits per heavy atom. The van der Waals surface area contributed by atoms with Crippen molar-refractivity contribution in [2.45, 2.75) is 142 Å². The number of benzene rings is 2. The molecule has 2 N–H and O–H groups in total. The van der Waals surface area contributed by atoms with E-state index in [1.807, 2.05) is 48.5 Å². The van der Waals surface area contributed by atoms with Crippen LogP contribution in [0.5, 0.6) is 11.5 Å². The van der Waals surface area contributed by atoms with Crippen molar-refractivity contribution in [1.82, 2.24) is 10.9 Å². The largest absolute Gasteiger partial charge is 0.488 e. The molecule has 2 amide bonds. The van der Waals surface area contributed by atoms with Crippen LogP contribution in [-0.2, 0) is 9.59 Å². The number of quaternary nitrogens is 2. The third-order valence-corrected chi connectivity index (χ3v) is 10.9. The minimum atomic E-state index is -0.912. The maximum atomic E-state index is 12.2. The number of carbonyl (C=O) groups excluding carboxylic acids is 2. The molecule has 0 aliphatic carbocycles. The standard InChI is InChI=1S/C48H80N6O4/c1-7-9-11-13-15-17-19-21-23-25-35-53(3,4)37-39-57-45-31-27-43(28-32-45)41-49-51-47(55)48(56)52-50-42-44-29-33-46(34-30-44)58-40-38-54(5,6)36-26-24-22-20-18-16-14-12-10-8-2/h27-34,41-42H,7-26,35-40H2,1-6H3/p+2. The molecule has 58 heavy (non-hydrogen) atoms. The summed E-state index contributed by atoms with van der Waals surface area (Å²) >= 11 is 0. The minimum Gasteiger partial charge on any atom is -0.488 e. The molecule has 10 nitrogen and oxygen atoms in total. The average Bonchev–Trinajstić information content (AvgIpc) is 3.20. The van der Waals surface area contributed by atoms with E-state index in [0.29, 0.717) is 13.2 Å². The first-order chi connectivity index (χ1) is 28.0. The fraction of sp³-hybridized carbons (Fsp3) is 0.667. The topological polar surface area (TPSA) is 101 Å². The first-order valence-electron chi connectivity index (χ1n) is 22.8. The van der Waals surface area contributed by atoms with E-state index >= 15 is 0 Å². The Morgan fingerprint density at radius 3 is 1.07 bits per heavy atom. The molecule has 2 aromatic carbocycles. The molecule has 0 saturated heterocycles. The number of hydrogen-bond acceptors (Lipinski definition) is 6. The molecule has 0 atom stereocenters. The number of carbonyl (C=O) groups is 2. The lowest BCUT2D eigenvalue weighted by Crippen LogP contribution is -2.43. The molecule has 326 valence electrons. The Balaban J connectivity index is 1.56. The van der Waals surface area contributed by atoms with Gasteiger partial charge in [0.25, 0.3) is 0 Å². The maximum Gasteiger partial charge on any atom is 0.331 e. The molecule has 0 bridgehead atoms. The summed E-state index contributed by atoms with van der Waals surface area (Å²) in [5, 5.41) is 7.82. The molecule has 0 aliphatic rings. The fourth-order valence-electron chi connectivity index (χ4n) is 6.83. The van der Waals surface area contributed by atoms with Crippen LogP contribution in [0.4, 0.5) is 0 Å². The van der Waals surface area contributed by atoms with Gasteiger partial charge in [0, 0.05) is 0 Å². The van der Waals surface area contributed by atoms with Gasteiger partial charge in [-0.2, -0.15) is 10.2 Å². The van der Waals surface area contributed by atoms with Gasteiger partial charge in [-0.1, -0.05) is 117 Å². The van der Waals surface area contributed by atoms with Crippen LogP contribution in [0.2, 0.25) is 0 Å². The van der Waals surface area contributed by atoms with Gasteiger partial charge in [-0.15, -0.1) is 0 Å². The molecule has 0 heterocycles. The van der Waals surface area contributed by atoms with Crippen molar-refractivity contribution < 1.29 is 28.0 Å². The summed E-state index contributed by atoms with van der Waals surface area (Å²) in [5.74, 6) is -0.254. The van der Waals surface area contributed by atoms with E-state index in [0.717, 1.165) is 57.8 Å². The minimum absolute atomic E-state index is 0.642. The Bertz CT molecular complexity index is 1300. The molecule has 0 aromatic heterocycles. The Hall–Kier alpha value is -3.76. The molecule has 0 spiro atoms. The van der Waals surface area contributed by atoms with Gasteiger partial charge in [0.2, 0.25) is 0 Å². The molecule has 0 aliphatic heterocycles. The number of rotatable bonds is 34. The molecule has 0 fully saturated rings. The zero-order valence-corrected chi connectivity index (χ0v) is 37.6. The van der Waals surface area contributed by atoms with Crippen LogP contribution in [0.25, 0.3) is 0 Å². The lowest BCUT2D eigenvalue weighted by molar-refractivity contribution is -0.890. The van der Waals surface area contributed by atoms with Gasteiger partial charge in [-0.05, 0) is 85.3 Å². The summed E-state index contributed by atoms with van der Waals surface area (Å²) in [6.45, 7) is 10.0. The van der Waals surface area contributed by atoms with Crippen LogP contribution < -0.4 is 20.3 Å². The van der Waals surface area contributed by atoms with Crippen LogP contribution in [-0.4, -0.2) is 101 Å². The van der Waals surface area contributed by atoms with Crippen molar-refractivity contribution in [2.75, 3.05) is 67.6 Å². The molecule has 0 saturated carbocycles. The van der Waals surface area contributed by atoms with Crippen molar-refractivity contribution in [3.05, 3.63) is 59.7 Å². The van der Waals surface area contributed by atoms with E-state index in [9.17, 15) is 9.59 Å². The van der Waals surface area contributed by atoms with E-state index in [1.165, 1.54) is 141 Å². The second-order valence-corrected chi connectivity index (χ2v) is 17.4. The zero-order chi connectivity index (χ0) is 42.2. The van der Waals surface area contributed by atoms with Crippen molar-refractivity contribution in [2.24, 2.45) is 10.2 Å². The number of likely N-dealkylation sites (N-methyl/N-ethyl adjacent to an activating group) is 2. The smallest absolute Gasteiger partial charge is 0.331 e. The molecule has 0 radical (unpaired) electrons. The second-order valence-electron chi connectivity index (χ2n) is 17.4. The average molecular weight is 807 g/mol. The molecule has 2 aromatic rings. The summed E-state index contributed by atoms with van der Waals surface area (Å²) in [5.41, 5.74) is 6.02. The van der Waals surface area contributed by atoms with E-state index in [-0.39, 0.29) is 0 Å². The number of hydrogen-bond donors (Lipinski definition) is 2. The van der Waals surface area contributed by atoms with Gasteiger partial charge in [0.1, 0.15) is 37.8 Å². The van der Waals surface area contributed by atoms with Crippen LogP contribution >= 0.6 is 0 Å². The summed E-state index contributed by atoms with van der Waals surface area (Å²) in [6, 6.07) is 15.0. The highest BCUT2D eigenvalue weighted by atomic mass is 16.5. The first kappa shape index (κ1) is 50.4. The summed E-state index contributed by atoms with van der Waals surface area (Å²) in [4.78, 5) is 24.4. The number of unbranched alkanes of at least 4 members (excludes halogenated alkanes) is 18. The van der Waals surface area contributed by atoms with Gasteiger partial charge in [-0.25, -0.2) is 10.9 Å². The SMILES string of the molecule is CCCCCCCCCCCC[N+](C)(C)CCOc1ccc(C=NNC(=O)C(=O)NN=Cc2ccc(OCC[N+](C)(C)CCCCCCCCCCCC)cc2)cc1. The highest BCUT2D eigenvalue weighted by Crippen LogP contribution is 2.16. The third-order valence-electron chi connectivity index (χ3n) is 10.9. The third kappa shape index (κ3) is 26.3. The van der Waals surface area contributed by atoms with Crippen LogP contribution in [0.15, 0.2) is 58.7 Å². The number of ether oxygens (including phenoxy) is 2. The number of nitrogens with zero attached hydrogens (tertiary/aromatic N) is 4. The summed E-state index contributed by atoms with van der Waals surface area (Å²) in [7, 11) is 9.08. The molecule has 0 unspecified atom stereocenters. The van der Waals surface area contributed by atoms with Gasteiger partial charge < -0.3 is 18.4 Å². The highest BCUT2D eigenvalue weighted by molar-refractivity contribution is 6.35. The van der Waals surface area contributed by atoms with E-state index < -0.39 is 11.8 Å². The lowest BCUT2D eigenvalue weighted by atomic mass is 10.1. The Kier molecular flexibility index (Phi) is 27.1. The van der Waals surface area contributed by atoms with Gasteiger partial charge >= 0.3 is 11.8 Å². The maximum absolute atomic E-state index is 12.2. The zero-order valence-electron chi connectivity index (χ0n) is 37.6. The molecular formula is C48H82N6O4+2. The van der Waals surface area contributed by atoms with Crippen molar-refractivity contribution in [1.29, 1.82) is 0 Å². The van der Waals surface area contributed by atoms with Crippen LogP contribution in [0.1, 0.15) is 153 Å². The fourth-order valence-corrected chi connectivity index (χ4v) is 6.83. The monoisotopic (exact) mass is 807 g/mol. The predicted molar refractivity (Wildman–Crippen MR) is 243 cm³/mol. The Morgan fingerprint density at radius 1 is 0.466 bits per heavy atom. The highest BCUT2D eigenvalue weighted by Gasteiger charge is 2.16. The van der Waals surface area contributed by atoms with Gasteiger partial charge in [0.15, 0.2) is 0 Å². The lowest BCUT2D eigenvalue weighted by Gasteiger charge is -2.29. The molecular weight excluding hydrogens is 725 g/mol. The normalized spacial score (nSPS) is 12.0. The van der Waals surface area contributed by atoms with Crippen LogP contribution in [0.3, 0.4) is 0 Å². The number of hydrazone groups is 2.